The molecular weight excluding hydrogens is 172 g/mol. The Labute approximate surface area is 77.8 Å². The smallest absolute Gasteiger partial charge is 0.129 e. The average molecular weight is 185 g/mol. The number of hydrogen-bond donors (Lipinski definition) is 1. The molecule has 0 spiro atoms. The lowest BCUT2D eigenvalue weighted by Crippen LogP contribution is -2.02. The summed E-state index contributed by atoms with van der Waals surface area (Å²) in [4.78, 5) is 4.22. The summed E-state index contributed by atoms with van der Waals surface area (Å²) in [7, 11) is 0. The number of pyridine rings is 1. The largest absolute Gasteiger partial charge is 0.330 e. The summed E-state index contributed by atoms with van der Waals surface area (Å²) in [6, 6.07) is 3.80. The third-order valence-corrected chi connectivity index (χ3v) is 2.00. The number of nitrogens with zero attached hydrogens (tertiary/aromatic N) is 1. The molecule has 0 amide bonds. The predicted octanol–water partition coefficient (Wildman–Crippen LogP) is 1.93. The van der Waals surface area contributed by atoms with Gasteiger partial charge in [0.1, 0.15) is 5.15 Å². The maximum absolute atomic E-state index is 5.75. The monoisotopic (exact) mass is 184 g/mol. The van der Waals surface area contributed by atoms with Crippen LogP contribution in [-0.2, 0) is 6.42 Å². The summed E-state index contributed by atoms with van der Waals surface area (Å²) >= 11 is 5.75. The highest BCUT2D eigenvalue weighted by atomic mass is 35.5. The lowest BCUT2D eigenvalue weighted by molar-refractivity contribution is 0.804. The Morgan fingerprint density at radius 2 is 2.25 bits per heavy atom. The fourth-order valence-corrected chi connectivity index (χ4v) is 1.23. The third-order valence-electron chi connectivity index (χ3n) is 1.79. The second-order valence-corrected chi connectivity index (χ2v) is 3.18. The van der Waals surface area contributed by atoms with Crippen LogP contribution in [0.4, 0.5) is 0 Å². The molecule has 12 heavy (non-hydrogen) atoms. The molecule has 66 valence electrons. The Morgan fingerprint density at radius 1 is 1.50 bits per heavy atom. The van der Waals surface area contributed by atoms with Gasteiger partial charge in [0.25, 0.3) is 0 Å². The van der Waals surface area contributed by atoms with Crippen molar-refractivity contribution in [2.24, 2.45) is 5.73 Å². The van der Waals surface area contributed by atoms with Gasteiger partial charge in [0.05, 0.1) is 0 Å². The molecule has 0 unspecified atom stereocenters. The number of aromatic nitrogens is 1. The van der Waals surface area contributed by atoms with Crippen molar-refractivity contribution < 1.29 is 0 Å². The molecule has 0 aliphatic rings. The zero-order valence-corrected chi connectivity index (χ0v) is 7.93. The van der Waals surface area contributed by atoms with Crippen LogP contribution in [0.5, 0.6) is 0 Å². The maximum atomic E-state index is 5.75. The van der Waals surface area contributed by atoms with E-state index in [1.807, 2.05) is 19.1 Å². The van der Waals surface area contributed by atoms with Gasteiger partial charge in [-0.1, -0.05) is 17.7 Å². The van der Waals surface area contributed by atoms with Gasteiger partial charge in [-0.3, -0.25) is 0 Å². The van der Waals surface area contributed by atoms with Crippen molar-refractivity contribution >= 4 is 11.6 Å². The van der Waals surface area contributed by atoms with E-state index in [9.17, 15) is 0 Å². The molecule has 0 bridgehead atoms. The van der Waals surface area contributed by atoms with Gasteiger partial charge in [-0.15, -0.1) is 0 Å². The summed E-state index contributed by atoms with van der Waals surface area (Å²) in [5.41, 5.74) is 7.65. The van der Waals surface area contributed by atoms with E-state index in [4.69, 9.17) is 17.3 Å². The number of halogens is 1. The van der Waals surface area contributed by atoms with Crippen LogP contribution in [0.2, 0.25) is 5.15 Å². The molecular formula is C9H13ClN2. The topological polar surface area (TPSA) is 38.9 Å². The number of hydrogen-bond acceptors (Lipinski definition) is 2. The van der Waals surface area contributed by atoms with Crippen LogP contribution >= 0.6 is 11.6 Å². The minimum absolute atomic E-state index is 0.563. The molecule has 1 rings (SSSR count). The van der Waals surface area contributed by atoms with E-state index in [0.717, 1.165) is 18.5 Å². The van der Waals surface area contributed by atoms with Crippen molar-refractivity contribution in [1.82, 2.24) is 4.98 Å². The van der Waals surface area contributed by atoms with Gasteiger partial charge in [0, 0.05) is 5.69 Å². The Morgan fingerprint density at radius 3 is 2.92 bits per heavy atom. The van der Waals surface area contributed by atoms with Gasteiger partial charge in [0.2, 0.25) is 0 Å². The van der Waals surface area contributed by atoms with Crippen LogP contribution in [0.1, 0.15) is 17.7 Å². The van der Waals surface area contributed by atoms with Gasteiger partial charge >= 0.3 is 0 Å². The fourth-order valence-electron chi connectivity index (χ4n) is 1.07. The van der Waals surface area contributed by atoms with E-state index in [1.54, 1.807) is 0 Å². The molecule has 3 heteroatoms. The predicted molar refractivity (Wildman–Crippen MR) is 51.4 cm³/mol. The molecule has 0 aliphatic carbocycles. The van der Waals surface area contributed by atoms with E-state index in [1.165, 1.54) is 5.56 Å². The van der Waals surface area contributed by atoms with Crippen LogP contribution in [0, 0.1) is 6.92 Å². The molecule has 0 radical (unpaired) electrons. The van der Waals surface area contributed by atoms with Crippen LogP contribution < -0.4 is 5.73 Å². The highest BCUT2D eigenvalue weighted by Crippen LogP contribution is 2.11. The Kier molecular flexibility index (Phi) is 3.50. The molecule has 1 heterocycles. The molecule has 2 N–H and O–H groups in total. The van der Waals surface area contributed by atoms with Gasteiger partial charge in [0.15, 0.2) is 0 Å². The van der Waals surface area contributed by atoms with Crippen molar-refractivity contribution in [2.75, 3.05) is 6.54 Å². The Bertz CT molecular complexity index is 261. The zero-order valence-electron chi connectivity index (χ0n) is 7.18. The van der Waals surface area contributed by atoms with Crippen molar-refractivity contribution in [2.45, 2.75) is 19.8 Å². The first-order chi connectivity index (χ1) is 5.74. The molecule has 1 aromatic heterocycles. The average Bonchev–Trinajstić information content (AvgIpc) is 2.07. The maximum Gasteiger partial charge on any atom is 0.129 e. The number of nitrogens with two attached hydrogens (primary N) is 1. The summed E-state index contributed by atoms with van der Waals surface area (Å²) in [6.07, 6.45) is 1.89. The van der Waals surface area contributed by atoms with Gasteiger partial charge in [-0.2, -0.15) is 0 Å². The standard InChI is InChI=1S/C9H13ClN2/c1-7-4-5-9(10)12-8(7)3-2-6-11/h4-5H,2-3,6,11H2,1H3. The SMILES string of the molecule is Cc1ccc(Cl)nc1CCCN. The second kappa shape index (κ2) is 4.43. The molecule has 2 nitrogen and oxygen atoms in total. The number of rotatable bonds is 3. The van der Waals surface area contributed by atoms with Crippen LogP contribution in [0.25, 0.3) is 0 Å². The summed E-state index contributed by atoms with van der Waals surface area (Å²) in [5.74, 6) is 0. The first-order valence-electron chi connectivity index (χ1n) is 4.06. The minimum atomic E-state index is 0.563. The van der Waals surface area contributed by atoms with E-state index < -0.39 is 0 Å². The molecule has 0 aliphatic heterocycles. The normalized spacial score (nSPS) is 10.2. The van der Waals surface area contributed by atoms with Gasteiger partial charge < -0.3 is 5.73 Å². The highest BCUT2D eigenvalue weighted by Gasteiger charge is 1.99. The molecule has 0 aromatic carbocycles. The number of aryl methyl sites for hydroxylation is 2. The lowest BCUT2D eigenvalue weighted by Gasteiger charge is -2.03. The Hall–Kier alpha value is -0.600. The van der Waals surface area contributed by atoms with Crippen molar-refractivity contribution in [3.05, 3.63) is 28.5 Å². The molecule has 0 saturated heterocycles. The van der Waals surface area contributed by atoms with Crippen LogP contribution in [-0.4, -0.2) is 11.5 Å². The summed E-state index contributed by atoms with van der Waals surface area (Å²) < 4.78 is 0. The van der Waals surface area contributed by atoms with E-state index in [-0.39, 0.29) is 0 Å². The fraction of sp³-hybridized carbons (Fsp3) is 0.444. The Balaban J connectivity index is 2.75. The zero-order chi connectivity index (χ0) is 8.97. The lowest BCUT2D eigenvalue weighted by atomic mass is 10.1. The minimum Gasteiger partial charge on any atom is -0.330 e. The van der Waals surface area contributed by atoms with Gasteiger partial charge in [-0.25, -0.2) is 4.98 Å². The summed E-state index contributed by atoms with van der Waals surface area (Å²) in [6.45, 7) is 2.74. The third kappa shape index (κ3) is 2.47. The summed E-state index contributed by atoms with van der Waals surface area (Å²) in [5, 5.41) is 0.563. The van der Waals surface area contributed by atoms with Crippen molar-refractivity contribution in [3.8, 4) is 0 Å². The van der Waals surface area contributed by atoms with Crippen molar-refractivity contribution in [3.63, 3.8) is 0 Å². The van der Waals surface area contributed by atoms with E-state index in [2.05, 4.69) is 4.98 Å². The first kappa shape index (κ1) is 9.49. The first-order valence-corrected chi connectivity index (χ1v) is 4.44. The second-order valence-electron chi connectivity index (χ2n) is 2.79. The van der Waals surface area contributed by atoms with Crippen LogP contribution in [0.3, 0.4) is 0 Å². The van der Waals surface area contributed by atoms with E-state index in [0.29, 0.717) is 11.7 Å². The van der Waals surface area contributed by atoms with Crippen molar-refractivity contribution in [1.29, 1.82) is 0 Å². The van der Waals surface area contributed by atoms with Gasteiger partial charge in [-0.05, 0) is 37.9 Å². The van der Waals surface area contributed by atoms with Crippen LogP contribution in [0.15, 0.2) is 12.1 Å². The molecule has 0 atom stereocenters. The quantitative estimate of drug-likeness (QED) is 0.730. The molecule has 0 fully saturated rings. The molecule has 1 aromatic rings. The van der Waals surface area contributed by atoms with E-state index >= 15 is 0 Å². The highest BCUT2D eigenvalue weighted by molar-refractivity contribution is 6.29. The molecule has 0 saturated carbocycles.